The number of carbonyl (C=O) groups excluding carboxylic acids is 1. The van der Waals surface area contributed by atoms with E-state index >= 15 is 0 Å². The van der Waals surface area contributed by atoms with Crippen LogP contribution in [0.4, 0.5) is 13.2 Å². The zero-order valence-electron chi connectivity index (χ0n) is 12.6. The molecule has 1 aromatic rings. The summed E-state index contributed by atoms with van der Waals surface area (Å²) in [6.45, 7) is 4.10. The Morgan fingerprint density at radius 1 is 1.27 bits per heavy atom. The van der Waals surface area contributed by atoms with E-state index in [1.54, 1.807) is 0 Å². The quantitative estimate of drug-likeness (QED) is 0.812. The summed E-state index contributed by atoms with van der Waals surface area (Å²) in [5.74, 6) is 0.247. The van der Waals surface area contributed by atoms with Crippen molar-refractivity contribution >= 4 is 5.91 Å². The number of halogens is 3. The smallest absolute Gasteiger partial charge is 0.416 e. The molecule has 1 aromatic carbocycles. The number of hydrogen-bond acceptors (Lipinski definition) is 3. The highest BCUT2D eigenvalue weighted by atomic mass is 19.4. The fourth-order valence-electron chi connectivity index (χ4n) is 1.94. The predicted octanol–water partition coefficient (Wildman–Crippen LogP) is 2.57. The standard InChI is InChI=1S/C15H21F3N2O2/c1-10(2)7-12(8-19)20-14(21)9-22-13-5-3-11(4-6-13)15(16,17)18/h3-6,10,12H,7-9,19H2,1-2H3,(H,20,21). The molecular formula is C15H21F3N2O2. The molecule has 1 rings (SSSR count). The molecule has 4 nitrogen and oxygen atoms in total. The van der Waals surface area contributed by atoms with Crippen LogP contribution in [0.15, 0.2) is 24.3 Å². The summed E-state index contributed by atoms with van der Waals surface area (Å²) in [5, 5.41) is 2.73. The Labute approximate surface area is 127 Å². The highest BCUT2D eigenvalue weighted by Crippen LogP contribution is 2.30. The molecule has 22 heavy (non-hydrogen) atoms. The molecular weight excluding hydrogens is 297 g/mol. The number of rotatable bonds is 7. The van der Waals surface area contributed by atoms with E-state index in [0.717, 1.165) is 18.6 Å². The zero-order chi connectivity index (χ0) is 16.8. The second-order valence-corrected chi connectivity index (χ2v) is 5.44. The molecule has 0 spiro atoms. The Morgan fingerprint density at radius 2 is 1.86 bits per heavy atom. The van der Waals surface area contributed by atoms with E-state index in [0.29, 0.717) is 12.5 Å². The Kier molecular flexibility index (Phi) is 6.67. The third-order valence-corrected chi connectivity index (χ3v) is 2.96. The number of nitrogens with two attached hydrogens (primary N) is 1. The number of alkyl halides is 3. The topological polar surface area (TPSA) is 64.3 Å². The average Bonchev–Trinajstić information content (AvgIpc) is 2.43. The first-order chi connectivity index (χ1) is 10.2. The third kappa shape index (κ3) is 6.34. The van der Waals surface area contributed by atoms with Crippen molar-refractivity contribution in [1.29, 1.82) is 0 Å². The molecule has 7 heteroatoms. The van der Waals surface area contributed by atoms with E-state index in [9.17, 15) is 18.0 Å². The van der Waals surface area contributed by atoms with Crippen LogP contribution >= 0.6 is 0 Å². The number of benzene rings is 1. The van der Waals surface area contributed by atoms with Gasteiger partial charge < -0.3 is 15.8 Å². The second kappa shape index (κ2) is 8.03. The number of ether oxygens (including phenoxy) is 1. The lowest BCUT2D eigenvalue weighted by atomic mass is 10.0. The van der Waals surface area contributed by atoms with Crippen LogP contribution in [-0.4, -0.2) is 25.1 Å². The predicted molar refractivity (Wildman–Crippen MR) is 77.4 cm³/mol. The maximum absolute atomic E-state index is 12.4. The molecule has 0 aromatic heterocycles. The summed E-state index contributed by atoms with van der Waals surface area (Å²) in [4.78, 5) is 11.7. The minimum absolute atomic E-state index is 0.135. The second-order valence-electron chi connectivity index (χ2n) is 5.44. The Balaban J connectivity index is 2.47. The lowest BCUT2D eigenvalue weighted by molar-refractivity contribution is -0.137. The van der Waals surface area contributed by atoms with Crippen molar-refractivity contribution in [3.8, 4) is 5.75 Å². The normalized spacial score (nSPS) is 13.0. The van der Waals surface area contributed by atoms with Crippen LogP contribution < -0.4 is 15.8 Å². The van der Waals surface area contributed by atoms with E-state index < -0.39 is 11.7 Å². The summed E-state index contributed by atoms with van der Waals surface area (Å²) in [6, 6.07) is 4.06. The monoisotopic (exact) mass is 318 g/mol. The lowest BCUT2D eigenvalue weighted by Gasteiger charge is -2.19. The molecule has 0 saturated heterocycles. The van der Waals surface area contributed by atoms with Crippen LogP contribution in [-0.2, 0) is 11.0 Å². The molecule has 0 radical (unpaired) electrons. The number of carbonyl (C=O) groups is 1. The van der Waals surface area contributed by atoms with Crippen LogP contribution in [0, 0.1) is 5.92 Å². The van der Waals surface area contributed by atoms with Crippen molar-refractivity contribution < 1.29 is 22.7 Å². The molecule has 0 aliphatic heterocycles. The molecule has 124 valence electrons. The van der Waals surface area contributed by atoms with Crippen molar-refractivity contribution in [3.63, 3.8) is 0 Å². The molecule has 0 heterocycles. The summed E-state index contributed by atoms with van der Waals surface area (Å²) < 4.78 is 42.4. The van der Waals surface area contributed by atoms with Gasteiger partial charge in [0, 0.05) is 12.6 Å². The molecule has 0 fully saturated rings. The van der Waals surface area contributed by atoms with Crippen LogP contribution in [0.25, 0.3) is 0 Å². The maximum atomic E-state index is 12.4. The summed E-state index contributed by atoms with van der Waals surface area (Å²) in [7, 11) is 0. The highest BCUT2D eigenvalue weighted by Gasteiger charge is 2.30. The van der Waals surface area contributed by atoms with Crippen molar-refractivity contribution in [3.05, 3.63) is 29.8 Å². The third-order valence-electron chi connectivity index (χ3n) is 2.96. The first-order valence-corrected chi connectivity index (χ1v) is 7.02. The molecule has 1 atom stereocenters. The molecule has 0 bridgehead atoms. The first-order valence-electron chi connectivity index (χ1n) is 7.02. The van der Waals surface area contributed by atoms with Gasteiger partial charge >= 0.3 is 6.18 Å². The molecule has 1 unspecified atom stereocenters. The van der Waals surface area contributed by atoms with Gasteiger partial charge in [-0.25, -0.2) is 0 Å². The summed E-state index contributed by atoms with van der Waals surface area (Å²) in [6.07, 6.45) is -3.64. The van der Waals surface area contributed by atoms with Crippen LogP contribution in [0.2, 0.25) is 0 Å². The van der Waals surface area contributed by atoms with Crippen LogP contribution in [0.1, 0.15) is 25.8 Å². The van der Waals surface area contributed by atoms with E-state index in [4.69, 9.17) is 10.5 Å². The van der Waals surface area contributed by atoms with Gasteiger partial charge in [-0.3, -0.25) is 4.79 Å². The number of amides is 1. The Morgan fingerprint density at radius 3 is 2.32 bits per heavy atom. The summed E-state index contributed by atoms with van der Waals surface area (Å²) in [5.41, 5.74) is 4.81. The van der Waals surface area contributed by atoms with Gasteiger partial charge in [-0.2, -0.15) is 13.2 Å². The fraction of sp³-hybridized carbons (Fsp3) is 0.533. The van der Waals surface area contributed by atoms with Gasteiger partial charge in [0.2, 0.25) is 0 Å². The molecule has 3 N–H and O–H groups in total. The Bertz CT molecular complexity index is 473. The van der Waals surface area contributed by atoms with Gasteiger partial charge in [0.05, 0.1) is 5.56 Å². The van der Waals surface area contributed by atoms with Crippen molar-refractivity contribution in [1.82, 2.24) is 5.32 Å². The zero-order valence-corrected chi connectivity index (χ0v) is 12.6. The van der Waals surface area contributed by atoms with Crippen molar-refractivity contribution in [2.24, 2.45) is 11.7 Å². The van der Waals surface area contributed by atoms with Gasteiger partial charge in [0.15, 0.2) is 6.61 Å². The van der Waals surface area contributed by atoms with Crippen LogP contribution in [0.5, 0.6) is 5.75 Å². The van der Waals surface area contributed by atoms with Crippen molar-refractivity contribution in [2.75, 3.05) is 13.2 Å². The van der Waals surface area contributed by atoms with E-state index in [2.05, 4.69) is 5.32 Å². The van der Waals surface area contributed by atoms with Gasteiger partial charge in [-0.15, -0.1) is 0 Å². The Hall–Kier alpha value is -1.76. The van der Waals surface area contributed by atoms with Gasteiger partial charge in [-0.1, -0.05) is 13.8 Å². The number of nitrogens with one attached hydrogen (secondary N) is 1. The van der Waals surface area contributed by atoms with Gasteiger partial charge in [0.25, 0.3) is 5.91 Å². The molecule has 0 aliphatic carbocycles. The minimum atomic E-state index is -4.39. The average molecular weight is 318 g/mol. The number of hydrogen-bond donors (Lipinski definition) is 2. The van der Waals surface area contributed by atoms with Gasteiger partial charge in [0.1, 0.15) is 5.75 Å². The largest absolute Gasteiger partial charge is 0.484 e. The van der Waals surface area contributed by atoms with Gasteiger partial charge in [-0.05, 0) is 36.6 Å². The maximum Gasteiger partial charge on any atom is 0.416 e. The van der Waals surface area contributed by atoms with E-state index in [-0.39, 0.29) is 24.3 Å². The first kappa shape index (κ1) is 18.3. The van der Waals surface area contributed by atoms with Crippen molar-refractivity contribution in [2.45, 2.75) is 32.5 Å². The SMILES string of the molecule is CC(C)CC(CN)NC(=O)COc1ccc(C(F)(F)F)cc1. The lowest BCUT2D eigenvalue weighted by Crippen LogP contribution is -2.43. The fourth-order valence-corrected chi connectivity index (χ4v) is 1.94. The summed E-state index contributed by atoms with van der Waals surface area (Å²) >= 11 is 0. The van der Waals surface area contributed by atoms with E-state index in [1.807, 2.05) is 13.8 Å². The van der Waals surface area contributed by atoms with E-state index in [1.165, 1.54) is 12.1 Å². The molecule has 0 saturated carbocycles. The molecule has 1 amide bonds. The van der Waals surface area contributed by atoms with Crippen LogP contribution in [0.3, 0.4) is 0 Å². The minimum Gasteiger partial charge on any atom is -0.484 e. The molecule has 0 aliphatic rings. The highest BCUT2D eigenvalue weighted by molar-refractivity contribution is 5.77.